The summed E-state index contributed by atoms with van der Waals surface area (Å²) in [5.74, 6) is -0.421. The number of benzene rings is 1. The van der Waals surface area contributed by atoms with Gasteiger partial charge in [0.1, 0.15) is 0 Å². The lowest BCUT2D eigenvalue weighted by atomic mass is 9.96. The van der Waals surface area contributed by atoms with Crippen LogP contribution in [0.4, 0.5) is 0 Å². The van der Waals surface area contributed by atoms with E-state index in [-0.39, 0.29) is 0 Å². The molecule has 1 fully saturated rings. The number of carbonyl (C=O) groups excluding carboxylic acids is 1. The molecule has 2 rings (SSSR count). The zero-order chi connectivity index (χ0) is 14.8. The van der Waals surface area contributed by atoms with Crippen LogP contribution in [0.25, 0.3) is 0 Å². The molecule has 0 bridgehead atoms. The molecule has 110 valence electrons. The molecule has 1 aliphatic rings. The Balaban J connectivity index is 2.17. The Hall–Kier alpha value is -1.40. The second kappa shape index (κ2) is 5.54. The van der Waals surface area contributed by atoms with Crippen molar-refractivity contribution in [2.24, 2.45) is 0 Å². The standard InChI is InChI=1S/C14H20N2O3S/c1-3-16(4-2)20(18,19)15-13(17)14(10-11-14)12-8-6-5-7-9-12/h5-9H,3-4,10-11H2,1-2H3,(H,15,17). The molecule has 0 atom stereocenters. The van der Waals surface area contributed by atoms with Crippen LogP contribution in [0.3, 0.4) is 0 Å². The Bertz CT molecular complexity index is 576. The quantitative estimate of drug-likeness (QED) is 0.863. The van der Waals surface area contributed by atoms with Crippen LogP contribution < -0.4 is 4.72 Å². The first-order valence-electron chi connectivity index (χ1n) is 6.84. The molecule has 0 spiro atoms. The molecule has 20 heavy (non-hydrogen) atoms. The molecule has 0 radical (unpaired) electrons. The van der Waals surface area contributed by atoms with Crippen LogP contribution in [-0.4, -0.2) is 31.7 Å². The van der Waals surface area contributed by atoms with Crippen molar-refractivity contribution >= 4 is 16.1 Å². The Morgan fingerprint density at radius 3 is 2.20 bits per heavy atom. The van der Waals surface area contributed by atoms with Crippen molar-refractivity contribution in [3.05, 3.63) is 35.9 Å². The van der Waals surface area contributed by atoms with E-state index < -0.39 is 21.5 Å². The molecular formula is C14H20N2O3S. The highest BCUT2D eigenvalue weighted by atomic mass is 32.2. The van der Waals surface area contributed by atoms with Gasteiger partial charge in [-0.2, -0.15) is 12.7 Å². The maximum atomic E-state index is 12.4. The number of nitrogens with zero attached hydrogens (tertiary/aromatic N) is 1. The van der Waals surface area contributed by atoms with Crippen molar-refractivity contribution in [2.75, 3.05) is 13.1 Å². The van der Waals surface area contributed by atoms with Crippen LogP contribution in [0.1, 0.15) is 32.3 Å². The molecule has 0 aliphatic heterocycles. The van der Waals surface area contributed by atoms with Gasteiger partial charge >= 0.3 is 10.2 Å². The third kappa shape index (κ3) is 2.71. The van der Waals surface area contributed by atoms with Gasteiger partial charge in [-0.1, -0.05) is 44.2 Å². The number of hydrogen-bond acceptors (Lipinski definition) is 3. The lowest BCUT2D eigenvalue weighted by Gasteiger charge is -2.21. The number of amides is 1. The maximum Gasteiger partial charge on any atom is 0.303 e. The summed E-state index contributed by atoms with van der Waals surface area (Å²) >= 11 is 0. The van der Waals surface area contributed by atoms with Crippen molar-refractivity contribution in [2.45, 2.75) is 32.1 Å². The van der Waals surface area contributed by atoms with Crippen molar-refractivity contribution < 1.29 is 13.2 Å². The molecule has 1 N–H and O–H groups in total. The highest BCUT2D eigenvalue weighted by molar-refractivity contribution is 7.87. The van der Waals surface area contributed by atoms with Gasteiger partial charge < -0.3 is 0 Å². The highest BCUT2D eigenvalue weighted by Crippen LogP contribution is 2.48. The van der Waals surface area contributed by atoms with Gasteiger partial charge in [-0.15, -0.1) is 0 Å². The lowest BCUT2D eigenvalue weighted by Crippen LogP contribution is -2.46. The Morgan fingerprint density at radius 2 is 1.75 bits per heavy atom. The van der Waals surface area contributed by atoms with E-state index in [9.17, 15) is 13.2 Å². The third-order valence-electron chi connectivity index (χ3n) is 3.78. The van der Waals surface area contributed by atoms with E-state index in [0.717, 1.165) is 5.56 Å². The largest absolute Gasteiger partial charge is 0.303 e. The summed E-state index contributed by atoms with van der Waals surface area (Å²) in [6.07, 6.45) is 1.38. The fourth-order valence-corrected chi connectivity index (χ4v) is 3.61. The SMILES string of the molecule is CCN(CC)S(=O)(=O)NC(=O)C1(c2ccccc2)CC1. The first-order chi connectivity index (χ1) is 9.46. The summed E-state index contributed by atoms with van der Waals surface area (Å²) in [4.78, 5) is 12.4. The lowest BCUT2D eigenvalue weighted by molar-refractivity contribution is -0.121. The van der Waals surface area contributed by atoms with Gasteiger partial charge in [0.2, 0.25) is 5.91 Å². The summed E-state index contributed by atoms with van der Waals surface area (Å²) in [7, 11) is -3.74. The number of hydrogen-bond donors (Lipinski definition) is 1. The molecule has 5 nitrogen and oxygen atoms in total. The fourth-order valence-electron chi connectivity index (χ4n) is 2.37. The summed E-state index contributed by atoms with van der Waals surface area (Å²) in [6.45, 7) is 4.18. The summed E-state index contributed by atoms with van der Waals surface area (Å²) < 4.78 is 27.7. The number of carbonyl (C=O) groups is 1. The molecule has 1 amide bonds. The first kappa shape index (κ1) is 15.0. The highest BCUT2D eigenvalue weighted by Gasteiger charge is 2.52. The van der Waals surface area contributed by atoms with Crippen LogP contribution in [0.15, 0.2) is 30.3 Å². The maximum absolute atomic E-state index is 12.4. The van der Waals surface area contributed by atoms with Crippen molar-refractivity contribution in [3.63, 3.8) is 0 Å². The van der Waals surface area contributed by atoms with Crippen molar-refractivity contribution in [1.29, 1.82) is 0 Å². The Morgan fingerprint density at radius 1 is 1.20 bits per heavy atom. The van der Waals surface area contributed by atoms with Crippen LogP contribution in [0.5, 0.6) is 0 Å². The monoisotopic (exact) mass is 296 g/mol. The smallest absolute Gasteiger partial charge is 0.273 e. The molecule has 0 unspecified atom stereocenters. The normalized spacial score (nSPS) is 16.9. The molecule has 1 saturated carbocycles. The molecule has 0 aromatic heterocycles. The van der Waals surface area contributed by atoms with Gasteiger partial charge in [-0.3, -0.25) is 4.79 Å². The van der Waals surface area contributed by atoms with Crippen molar-refractivity contribution in [3.8, 4) is 0 Å². The minimum atomic E-state index is -3.74. The second-order valence-corrected chi connectivity index (χ2v) is 6.64. The van der Waals surface area contributed by atoms with Gasteiger partial charge in [-0.25, -0.2) is 4.72 Å². The zero-order valence-electron chi connectivity index (χ0n) is 11.8. The summed E-state index contributed by atoms with van der Waals surface area (Å²) in [6, 6.07) is 9.35. The van der Waals surface area contributed by atoms with Gasteiger partial charge in [0.25, 0.3) is 0 Å². The van der Waals surface area contributed by atoms with E-state index in [1.807, 2.05) is 30.3 Å². The van der Waals surface area contributed by atoms with Crippen molar-refractivity contribution in [1.82, 2.24) is 9.03 Å². The Labute approximate surface area is 120 Å². The molecule has 1 aromatic carbocycles. The van der Waals surface area contributed by atoms with E-state index in [4.69, 9.17) is 0 Å². The minimum absolute atomic E-state index is 0.345. The molecule has 1 aromatic rings. The molecule has 0 saturated heterocycles. The van der Waals surface area contributed by atoms with E-state index in [1.54, 1.807) is 13.8 Å². The van der Waals surface area contributed by atoms with Gasteiger partial charge in [-0.05, 0) is 18.4 Å². The van der Waals surface area contributed by atoms with E-state index >= 15 is 0 Å². The molecule has 6 heteroatoms. The Kier molecular flexibility index (Phi) is 4.15. The van der Waals surface area contributed by atoms with Crippen LogP contribution in [-0.2, 0) is 20.4 Å². The predicted octanol–water partition coefficient (Wildman–Crippen LogP) is 1.42. The molecular weight excluding hydrogens is 276 g/mol. The van der Waals surface area contributed by atoms with Gasteiger partial charge in [0.05, 0.1) is 5.41 Å². The number of nitrogens with one attached hydrogen (secondary N) is 1. The first-order valence-corrected chi connectivity index (χ1v) is 8.28. The summed E-state index contributed by atoms with van der Waals surface area (Å²) in [5.41, 5.74) is 0.217. The zero-order valence-corrected chi connectivity index (χ0v) is 12.6. The van der Waals surface area contributed by atoms with E-state index in [0.29, 0.717) is 25.9 Å². The topological polar surface area (TPSA) is 66.5 Å². The third-order valence-corrected chi connectivity index (χ3v) is 5.42. The summed E-state index contributed by atoms with van der Waals surface area (Å²) in [5, 5.41) is 0. The van der Waals surface area contributed by atoms with Crippen LogP contribution in [0, 0.1) is 0 Å². The molecule has 0 heterocycles. The van der Waals surface area contributed by atoms with E-state index in [2.05, 4.69) is 4.72 Å². The van der Waals surface area contributed by atoms with Gasteiger partial charge in [0.15, 0.2) is 0 Å². The van der Waals surface area contributed by atoms with Crippen LogP contribution in [0.2, 0.25) is 0 Å². The van der Waals surface area contributed by atoms with E-state index in [1.165, 1.54) is 4.31 Å². The minimum Gasteiger partial charge on any atom is -0.273 e. The average molecular weight is 296 g/mol. The number of rotatable bonds is 6. The van der Waals surface area contributed by atoms with Gasteiger partial charge in [0, 0.05) is 13.1 Å². The molecule has 1 aliphatic carbocycles. The van der Waals surface area contributed by atoms with Crippen LogP contribution >= 0.6 is 0 Å². The average Bonchev–Trinajstić information content (AvgIpc) is 3.21. The predicted molar refractivity (Wildman–Crippen MR) is 77.3 cm³/mol. The second-order valence-electron chi connectivity index (χ2n) is 4.97. The fraction of sp³-hybridized carbons (Fsp3) is 0.500.